The molecule has 0 N–H and O–H groups in total. The molecule has 2 nitrogen and oxygen atoms in total. The van der Waals surface area contributed by atoms with Gasteiger partial charge >= 0.3 is 0 Å². The first-order valence-electron chi connectivity index (χ1n) is 14.5. The third kappa shape index (κ3) is 5.59. The molecule has 0 saturated carbocycles. The number of imidazole rings is 1. The Morgan fingerprint density at radius 2 is 1.35 bits per heavy atom. The van der Waals surface area contributed by atoms with E-state index in [-0.39, 0.29) is 0 Å². The van der Waals surface area contributed by atoms with Crippen molar-refractivity contribution in [3.63, 3.8) is 0 Å². The minimum atomic E-state index is 1.04. The van der Waals surface area contributed by atoms with Gasteiger partial charge in [0.05, 0.1) is 11.9 Å². The standard InChI is InChI=1S/C26H23N2.C3H8.3C2H6/c1-16-10-11-22-21(14-16)20-9-5-8-19-12-13-27-15-23(28(22)26(27)25(19)20)24-17(2)6-4-7-18(24)3;1-3-2;3*1-2/h4-11,14-15H,12-13H2,1-3H3;3H2,1-2H3;3*1-2H3/q+1;;;;. The molecule has 0 radical (unpaired) electrons. The van der Waals surface area contributed by atoms with Crippen molar-refractivity contribution in [2.24, 2.45) is 0 Å². The quantitative estimate of drug-likeness (QED) is 0.161. The maximum absolute atomic E-state index is 2.51. The Kier molecular flexibility index (Phi) is 11.4. The molecular weight excluding hydrogens is 448 g/mol. The number of hydrogen-bond acceptors (Lipinski definition) is 0. The molecule has 2 aromatic heterocycles. The summed E-state index contributed by atoms with van der Waals surface area (Å²) in [6.07, 6.45) is 4.72. The lowest BCUT2D eigenvalue weighted by Crippen LogP contribution is -2.36. The molecule has 0 bridgehead atoms. The van der Waals surface area contributed by atoms with Gasteiger partial charge in [-0.2, -0.15) is 4.40 Å². The smallest absolute Gasteiger partial charge is 0.229 e. The summed E-state index contributed by atoms with van der Waals surface area (Å²) >= 11 is 0. The van der Waals surface area contributed by atoms with E-state index in [1.165, 1.54) is 67.3 Å². The van der Waals surface area contributed by atoms with E-state index in [4.69, 9.17) is 0 Å². The molecule has 3 aromatic carbocycles. The molecule has 0 saturated heterocycles. The maximum Gasteiger partial charge on any atom is 0.295 e. The van der Waals surface area contributed by atoms with Gasteiger partial charge in [-0.3, -0.25) is 0 Å². The molecule has 3 heterocycles. The number of aromatic nitrogens is 2. The highest BCUT2D eigenvalue weighted by Gasteiger charge is 2.29. The first-order chi connectivity index (χ1) is 18.0. The van der Waals surface area contributed by atoms with Crippen LogP contribution in [-0.4, -0.2) is 4.40 Å². The Bertz CT molecular complexity index is 1430. The summed E-state index contributed by atoms with van der Waals surface area (Å²) in [6, 6.07) is 20.3. The molecule has 1 aliphatic rings. The highest BCUT2D eigenvalue weighted by atomic mass is 15.1. The molecule has 37 heavy (non-hydrogen) atoms. The number of hydrogen-bond donors (Lipinski definition) is 0. The first kappa shape index (κ1) is 30.1. The van der Waals surface area contributed by atoms with Crippen molar-refractivity contribution in [1.29, 1.82) is 0 Å². The van der Waals surface area contributed by atoms with Crippen LogP contribution in [-0.2, 0) is 13.0 Å². The van der Waals surface area contributed by atoms with Gasteiger partial charge in [0.1, 0.15) is 11.7 Å². The zero-order chi connectivity index (χ0) is 27.7. The lowest BCUT2D eigenvalue weighted by atomic mass is 9.97. The third-order valence-corrected chi connectivity index (χ3v) is 6.42. The van der Waals surface area contributed by atoms with Gasteiger partial charge in [-0.15, -0.1) is 0 Å². The fraction of sp³-hybridized carbons (Fsp3) is 0.400. The van der Waals surface area contributed by atoms with Gasteiger partial charge in [-0.1, -0.05) is 110 Å². The van der Waals surface area contributed by atoms with E-state index in [2.05, 4.69) is 104 Å². The number of rotatable bonds is 1. The van der Waals surface area contributed by atoms with Gasteiger partial charge in [0.15, 0.2) is 5.69 Å². The molecule has 0 spiro atoms. The van der Waals surface area contributed by atoms with Crippen LogP contribution in [0.4, 0.5) is 0 Å². The van der Waals surface area contributed by atoms with Crippen LogP contribution < -0.4 is 4.57 Å². The second kappa shape index (κ2) is 14.0. The molecule has 0 atom stereocenters. The number of pyridine rings is 1. The van der Waals surface area contributed by atoms with Crippen LogP contribution in [0.1, 0.15) is 84.1 Å². The van der Waals surface area contributed by atoms with Crippen molar-refractivity contribution >= 4 is 27.3 Å². The van der Waals surface area contributed by atoms with Gasteiger partial charge < -0.3 is 0 Å². The zero-order valence-corrected chi connectivity index (χ0v) is 25.3. The molecule has 0 fully saturated rings. The van der Waals surface area contributed by atoms with E-state index in [9.17, 15) is 0 Å². The molecule has 5 aromatic rings. The van der Waals surface area contributed by atoms with Gasteiger partial charge in [-0.05, 0) is 49.6 Å². The number of benzene rings is 3. The summed E-state index contributed by atoms with van der Waals surface area (Å²) in [4.78, 5) is 0. The predicted octanol–water partition coefficient (Wildman–Crippen LogP) is 10.2. The summed E-state index contributed by atoms with van der Waals surface area (Å²) in [7, 11) is 0. The van der Waals surface area contributed by atoms with Crippen LogP contribution in [0, 0.1) is 20.8 Å². The summed E-state index contributed by atoms with van der Waals surface area (Å²) in [5.41, 5.74) is 10.7. The van der Waals surface area contributed by atoms with Crippen molar-refractivity contribution in [3.05, 3.63) is 83.0 Å². The van der Waals surface area contributed by atoms with Gasteiger partial charge in [0, 0.05) is 22.8 Å². The van der Waals surface area contributed by atoms with Crippen LogP contribution >= 0.6 is 0 Å². The minimum Gasteiger partial charge on any atom is -0.229 e. The summed E-state index contributed by atoms with van der Waals surface area (Å²) in [5, 5.41) is 4.15. The van der Waals surface area contributed by atoms with Crippen molar-refractivity contribution in [2.75, 3.05) is 0 Å². The lowest BCUT2D eigenvalue weighted by Gasteiger charge is -2.14. The number of nitrogens with zero attached hydrogens (tertiary/aromatic N) is 2. The largest absolute Gasteiger partial charge is 0.295 e. The van der Waals surface area contributed by atoms with Crippen molar-refractivity contribution in [2.45, 2.75) is 95.5 Å². The van der Waals surface area contributed by atoms with Crippen LogP contribution in [0.25, 0.3) is 38.6 Å². The SMILES string of the molecule is CC.CC.CC.CCC.Cc1ccc2c(c1)c1cccc3c1c1n2c(-c2c(C)cccc2C)c[n+]1CC3. The van der Waals surface area contributed by atoms with Crippen molar-refractivity contribution < 1.29 is 4.57 Å². The number of fused-ring (bicyclic) bond motifs is 3. The molecule has 0 unspecified atom stereocenters. The second-order valence-electron chi connectivity index (χ2n) is 8.95. The van der Waals surface area contributed by atoms with Crippen LogP contribution in [0.15, 0.2) is 60.8 Å². The molecule has 1 aliphatic heterocycles. The van der Waals surface area contributed by atoms with E-state index < -0.39 is 0 Å². The molecule has 198 valence electrons. The van der Waals surface area contributed by atoms with Gasteiger partial charge in [0.2, 0.25) is 0 Å². The predicted molar refractivity (Wildman–Crippen MR) is 166 cm³/mol. The average Bonchev–Trinajstić information content (AvgIpc) is 3.32. The summed E-state index contributed by atoms with van der Waals surface area (Å²) in [6.45, 7) is 23.9. The number of aryl methyl sites for hydroxylation is 5. The third-order valence-electron chi connectivity index (χ3n) is 6.42. The Morgan fingerprint density at radius 1 is 0.757 bits per heavy atom. The van der Waals surface area contributed by atoms with Gasteiger partial charge in [-0.25, -0.2) is 4.57 Å². The minimum absolute atomic E-state index is 1.04. The van der Waals surface area contributed by atoms with E-state index in [0.717, 1.165) is 13.0 Å². The van der Waals surface area contributed by atoms with Gasteiger partial charge in [0.25, 0.3) is 5.65 Å². The second-order valence-corrected chi connectivity index (χ2v) is 8.95. The Balaban J connectivity index is 0.000000483. The van der Waals surface area contributed by atoms with E-state index in [0.29, 0.717) is 0 Å². The molecule has 2 heteroatoms. The summed E-state index contributed by atoms with van der Waals surface area (Å²) in [5.74, 6) is 0. The summed E-state index contributed by atoms with van der Waals surface area (Å²) < 4.78 is 4.98. The Labute approximate surface area is 226 Å². The average molecular weight is 498 g/mol. The topological polar surface area (TPSA) is 8.29 Å². The van der Waals surface area contributed by atoms with Crippen molar-refractivity contribution in [3.8, 4) is 11.3 Å². The highest BCUT2D eigenvalue weighted by Crippen LogP contribution is 2.37. The highest BCUT2D eigenvalue weighted by molar-refractivity contribution is 6.13. The molecular formula is C35H49N2+. The van der Waals surface area contributed by atoms with Crippen LogP contribution in [0.3, 0.4) is 0 Å². The Morgan fingerprint density at radius 3 is 1.97 bits per heavy atom. The van der Waals surface area contributed by atoms with E-state index in [1.54, 1.807) is 0 Å². The molecule has 0 aliphatic carbocycles. The first-order valence-corrected chi connectivity index (χ1v) is 14.5. The monoisotopic (exact) mass is 497 g/mol. The lowest BCUT2D eigenvalue weighted by molar-refractivity contribution is -0.670. The van der Waals surface area contributed by atoms with Crippen molar-refractivity contribution in [1.82, 2.24) is 4.40 Å². The molecule has 6 rings (SSSR count). The van der Waals surface area contributed by atoms with Crippen LogP contribution in [0.5, 0.6) is 0 Å². The van der Waals surface area contributed by atoms with E-state index in [1.807, 2.05) is 41.5 Å². The Hall–Kier alpha value is -3.13. The molecule has 0 amide bonds. The van der Waals surface area contributed by atoms with E-state index >= 15 is 0 Å². The zero-order valence-electron chi connectivity index (χ0n) is 25.3. The fourth-order valence-corrected chi connectivity index (χ4v) is 5.17. The fourth-order valence-electron chi connectivity index (χ4n) is 5.17. The maximum atomic E-state index is 2.51. The normalized spacial score (nSPS) is 11.0. The van der Waals surface area contributed by atoms with Crippen LogP contribution in [0.2, 0.25) is 0 Å².